The lowest BCUT2D eigenvalue weighted by molar-refractivity contribution is 0.254. The third-order valence-corrected chi connectivity index (χ3v) is 2.63. The van der Waals surface area contributed by atoms with E-state index in [2.05, 4.69) is 24.1 Å². The molecule has 0 radical (unpaired) electrons. The quantitative estimate of drug-likeness (QED) is 0.872. The summed E-state index contributed by atoms with van der Waals surface area (Å²) in [6.07, 6.45) is 0. The molecule has 98 valence electrons. The first-order valence-electron chi connectivity index (χ1n) is 5.93. The molecule has 18 heavy (non-hydrogen) atoms. The predicted molar refractivity (Wildman–Crippen MR) is 71.9 cm³/mol. The van der Waals surface area contributed by atoms with Crippen LogP contribution in [0.1, 0.15) is 19.4 Å². The summed E-state index contributed by atoms with van der Waals surface area (Å²) in [6, 6.07) is 6.53. The van der Waals surface area contributed by atoms with Crippen LogP contribution in [0.3, 0.4) is 0 Å². The van der Waals surface area contributed by atoms with Crippen molar-refractivity contribution in [3.63, 3.8) is 0 Å². The van der Waals surface area contributed by atoms with Crippen molar-refractivity contribution in [1.29, 1.82) is 5.26 Å². The third kappa shape index (κ3) is 4.01. The molecule has 0 atom stereocenters. The number of anilines is 1. The minimum atomic E-state index is -0.479. The van der Waals surface area contributed by atoms with Crippen molar-refractivity contribution < 1.29 is 4.39 Å². The second kappa shape index (κ2) is 5.83. The largest absolute Gasteiger partial charge is 0.383 e. The molecule has 0 aliphatic rings. The number of nitrogens with zero attached hydrogens (tertiary/aromatic N) is 2. The number of halogens is 1. The highest BCUT2D eigenvalue weighted by molar-refractivity contribution is 5.57. The fourth-order valence-corrected chi connectivity index (χ4v) is 2.03. The van der Waals surface area contributed by atoms with Crippen LogP contribution in [0.4, 0.5) is 10.1 Å². The second-order valence-electron chi connectivity index (χ2n) is 5.53. The first kappa shape index (κ1) is 14.5. The lowest BCUT2D eigenvalue weighted by atomic mass is 9.92. The van der Waals surface area contributed by atoms with Crippen molar-refractivity contribution in [2.75, 3.05) is 32.5 Å². The maximum atomic E-state index is 13.4. The highest BCUT2D eigenvalue weighted by Gasteiger charge is 2.19. The van der Waals surface area contributed by atoms with Gasteiger partial charge in [0.15, 0.2) is 0 Å². The van der Waals surface area contributed by atoms with Gasteiger partial charge in [0, 0.05) is 13.1 Å². The van der Waals surface area contributed by atoms with Gasteiger partial charge in [-0.2, -0.15) is 5.26 Å². The summed E-state index contributed by atoms with van der Waals surface area (Å²) in [5.41, 5.74) is 0.685. The predicted octanol–water partition coefficient (Wildman–Crippen LogP) is 2.70. The van der Waals surface area contributed by atoms with Crippen LogP contribution in [0.2, 0.25) is 0 Å². The number of hydrogen-bond donors (Lipinski definition) is 1. The molecule has 0 amide bonds. The molecule has 0 spiro atoms. The maximum Gasteiger partial charge on any atom is 0.143 e. The number of hydrogen-bond acceptors (Lipinski definition) is 3. The molecule has 0 fully saturated rings. The Hall–Kier alpha value is -1.60. The first-order chi connectivity index (χ1) is 8.35. The molecule has 0 saturated heterocycles. The van der Waals surface area contributed by atoms with Gasteiger partial charge in [0.2, 0.25) is 0 Å². The summed E-state index contributed by atoms with van der Waals surface area (Å²) in [6.45, 7) is 5.86. The van der Waals surface area contributed by atoms with Gasteiger partial charge in [0.05, 0.1) is 5.69 Å². The van der Waals surface area contributed by atoms with E-state index in [0.29, 0.717) is 12.2 Å². The molecule has 1 aromatic rings. The van der Waals surface area contributed by atoms with E-state index in [1.165, 1.54) is 6.07 Å². The number of nitriles is 1. The average Bonchev–Trinajstić information content (AvgIpc) is 2.24. The zero-order chi connectivity index (χ0) is 13.8. The van der Waals surface area contributed by atoms with Gasteiger partial charge in [0.25, 0.3) is 0 Å². The van der Waals surface area contributed by atoms with Crippen LogP contribution in [-0.2, 0) is 0 Å². The van der Waals surface area contributed by atoms with Crippen LogP contribution in [0.25, 0.3) is 0 Å². The second-order valence-corrected chi connectivity index (χ2v) is 5.53. The van der Waals surface area contributed by atoms with E-state index < -0.39 is 5.82 Å². The maximum absolute atomic E-state index is 13.4. The van der Waals surface area contributed by atoms with Gasteiger partial charge in [-0.3, -0.25) is 0 Å². The Morgan fingerprint density at radius 3 is 2.61 bits per heavy atom. The normalized spacial score (nSPS) is 11.4. The minimum Gasteiger partial charge on any atom is -0.383 e. The molecule has 0 heterocycles. The lowest BCUT2D eigenvalue weighted by Gasteiger charge is -2.29. The molecule has 0 bridgehead atoms. The summed E-state index contributed by atoms with van der Waals surface area (Å²) < 4.78 is 13.4. The summed E-state index contributed by atoms with van der Waals surface area (Å²) in [7, 11) is 4.04. The van der Waals surface area contributed by atoms with Crippen LogP contribution in [-0.4, -0.2) is 32.1 Å². The van der Waals surface area contributed by atoms with E-state index in [1.54, 1.807) is 12.1 Å². The van der Waals surface area contributed by atoms with E-state index in [0.717, 1.165) is 6.54 Å². The average molecular weight is 249 g/mol. The number of rotatable bonds is 5. The summed E-state index contributed by atoms with van der Waals surface area (Å²) in [5.74, 6) is -0.479. The van der Waals surface area contributed by atoms with E-state index >= 15 is 0 Å². The SMILES string of the molecule is CN(C)CC(C)(C)CNc1cccc(F)c1C#N. The van der Waals surface area contributed by atoms with E-state index in [1.807, 2.05) is 20.2 Å². The van der Waals surface area contributed by atoms with Crippen LogP contribution in [0.15, 0.2) is 18.2 Å². The molecular weight excluding hydrogens is 229 g/mol. The van der Waals surface area contributed by atoms with Crippen molar-refractivity contribution in [2.45, 2.75) is 13.8 Å². The Morgan fingerprint density at radius 2 is 2.06 bits per heavy atom. The molecule has 1 aromatic carbocycles. The summed E-state index contributed by atoms with van der Waals surface area (Å²) in [5, 5.41) is 12.1. The molecule has 1 rings (SSSR count). The van der Waals surface area contributed by atoms with Crippen molar-refractivity contribution in [3.05, 3.63) is 29.6 Å². The topological polar surface area (TPSA) is 39.1 Å². The van der Waals surface area contributed by atoms with Gasteiger partial charge in [0.1, 0.15) is 17.4 Å². The monoisotopic (exact) mass is 249 g/mol. The fourth-order valence-electron chi connectivity index (χ4n) is 2.03. The summed E-state index contributed by atoms with van der Waals surface area (Å²) >= 11 is 0. The molecular formula is C14H20FN3. The van der Waals surface area contributed by atoms with E-state index in [4.69, 9.17) is 5.26 Å². The fraction of sp³-hybridized carbons (Fsp3) is 0.500. The standard InChI is InChI=1S/C14H20FN3/c1-14(2,10-18(3)4)9-17-13-7-5-6-12(15)11(13)8-16/h5-7,17H,9-10H2,1-4H3. The zero-order valence-corrected chi connectivity index (χ0v) is 11.4. The van der Waals surface area contributed by atoms with Crippen LogP contribution < -0.4 is 5.32 Å². The molecule has 3 nitrogen and oxygen atoms in total. The minimum absolute atomic E-state index is 0.0442. The van der Waals surface area contributed by atoms with Crippen LogP contribution in [0, 0.1) is 22.6 Å². The number of benzene rings is 1. The van der Waals surface area contributed by atoms with E-state index in [9.17, 15) is 4.39 Å². The molecule has 0 aromatic heterocycles. The Balaban J connectivity index is 2.75. The summed E-state index contributed by atoms with van der Waals surface area (Å²) in [4.78, 5) is 2.11. The Bertz CT molecular complexity index is 447. The van der Waals surface area contributed by atoms with Crippen molar-refractivity contribution in [1.82, 2.24) is 4.90 Å². The lowest BCUT2D eigenvalue weighted by Crippen LogP contribution is -2.34. The van der Waals surface area contributed by atoms with Gasteiger partial charge < -0.3 is 10.2 Å². The zero-order valence-electron chi connectivity index (χ0n) is 11.4. The van der Waals surface area contributed by atoms with E-state index in [-0.39, 0.29) is 11.0 Å². The number of nitrogens with one attached hydrogen (secondary N) is 1. The van der Waals surface area contributed by atoms with Crippen molar-refractivity contribution >= 4 is 5.69 Å². The highest BCUT2D eigenvalue weighted by Crippen LogP contribution is 2.21. The van der Waals surface area contributed by atoms with Gasteiger partial charge in [-0.15, -0.1) is 0 Å². The van der Waals surface area contributed by atoms with Gasteiger partial charge >= 0.3 is 0 Å². The molecule has 0 unspecified atom stereocenters. The molecule has 0 aliphatic heterocycles. The van der Waals surface area contributed by atoms with Gasteiger partial charge in [-0.05, 0) is 31.6 Å². The van der Waals surface area contributed by atoms with Crippen LogP contribution >= 0.6 is 0 Å². The van der Waals surface area contributed by atoms with Gasteiger partial charge in [-0.25, -0.2) is 4.39 Å². The van der Waals surface area contributed by atoms with Crippen LogP contribution in [0.5, 0.6) is 0 Å². The first-order valence-corrected chi connectivity index (χ1v) is 5.93. The molecule has 1 N–H and O–H groups in total. The van der Waals surface area contributed by atoms with Crippen molar-refractivity contribution in [2.24, 2.45) is 5.41 Å². The smallest absolute Gasteiger partial charge is 0.143 e. The van der Waals surface area contributed by atoms with Crippen molar-refractivity contribution in [3.8, 4) is 6.07 Å². The molecule has 0 saturated carbocycles. The van der Waals surface area contributed by atoms with Gasteiger partial charge in [-0.1, -0.05) is 19.9 Å². The Morgan fingerprint density at radius 1 is 1.39 bits per heavy atom. The molecule has 0 aliphatic carbocycles. The third-order valence-electron chi connectivity index (χ3n) is 2.63. The molecule has 4 heteroatoms. The highest BCUT2D eigenvalue weighted by atomic mass is 19.1. The Labute approximate surface area is 108 Å². The Kier molecular flexibility index (Phi) is 4.69.